The van der Waals surface area contributed by atoms with Crippen LogP contribution in [0.5, 0.6) is 0 Å². The van der Waals surface area contributed by atoms with Crippen LogP contribution in [0.4, 0.5) is 0 Å². The van der Waals surface area contributed by atoms with Crippen molar-refractivity contribution in [3.63, 3.8) is 0 Å². The maximum Gasteiger partial charge on any atom is 0.135 e. The average molecular weight is 212 g/mol. The van der Waals surface area contributed by atoms with E-state index >= 15 is 0 Å². The molecular formula is C14H28O. The van der Waals surface area contributed by atoms with E-state index in [0.29, 0.717) is 11.7 Å². The molecule has 90 valence electrons. The average Bonchev–Trinajstić information content (AvgIpc) is 2.23. The van der Waals surface area contributed by atoms with Crippen LogP contribution in [0, 0.1) is 5.92 Å². The van der Waals surface area contributed by atoms with E-state index in [0.717, 1.165) is 25.7 Å². The van der Waals surface area contributed by atoms with Gasteiger partial charge in [0.15, 0.2) is 0 Å². The predicted molar refractivity (Wildman–Crippen MR) is 67.1 cm³/mol. The van der Waals surface area contributed by atoms with Gasteiger partial charge in [-0.15, -0.1) is 0 Å². The molecule has 0 saturated heterocycles. The third kappa shape index (κ3) is 7.58. The number of carbonyl (C=O) groups is 1. The second-order valence-electron chi connectivity index (χ2n) is 4.52. The van der Waals surface area contributed by atoms with Crippen LogP contribution in [0.15, 0.2) is 0 Å². The van der Waals surface area contributed by atoms with Gasteiger partial charge in [-0.3, -0.25) is 4.79 Å². The van der Waals surface area contributed by atoms with Crippen LogP contribution >= 0.6 is 0 Å². The Labute approximate surface area is 95.6 Å². The van der Waals surface area contributed by atoms with Crippen LogP contribution in [0.3, 0.4) is 0 Å². The Morgan fingerprint density at radius 2 is 1.60 bits per heavy atom. The number of unbranched alkanes of at least 4 members (excludes halogenated alkanes) is 4. The minimum Gasteiger partial charge on any atom is -0.299 e. The normalized spacial score (nSPS) is 12.7. The van der Waals surface area contributed by atoms with Crippen molar-refractivity contribution in [3.8, 4) is 0 Å². The quantitative estimate of drug-likeness (QED) is 0.478. The molecule has 0 amide bonds. The number of rotatable bonds is 10. The van der Waals surface area contributed by atoms with Crippen LogP contribution in [-0.2, 0) is 4.79 Å². The molecule has 1 atom stereocenters. The Bertz CT molecular complexity index is 151. The van der Waals surface area contributed by atoms with Crippen molar-refractivity contribution >= 4 is 5.78 Å². The van der Waals surface area contributed by atoms with Gasteiger partial charge in [-0.25, -0.2) is 0 Å². The first-order valence-electron chi connectivity index (χ1n) is 6.78. The molecule has 0 aliphatic heterocycles. The van der Waals surface area contributed by atoms with Crippen LogP contribution in [0.25, 0.3) is 0 Å². The lowest BCUT2D eigenvalue weighted by molar-refractivity contribution is -0.123. The molecule has 0 spiro atoms. The predicted octanol–water partition coefficient (Wildman–Crippen LogP) is 4.74. The van der Waals surface area contributed by atoms with Crippen molar-refractivity contribution < 1.29 is 4.79 Å². The van der Waals surface area contributed by atoms with E-state index < -0.39 is 0 Å². The molecule has 1 unspecified atom stereocenters. The van der Waals surface area contributed by atoms with Crippen LogP contribution in [0.2, 0.25) is 0 Å². The molecule has 0 fully saturated rings. The third-order valence-electron chi connectivity index (χ3n) is 3.10. The van der Waals surface area contributed by atoms with Gasteiger partial charge in [0.1, 0.15) is 5.78 Å². The summed E-state index contributed by atoms with van der Waals surface area (Å²) in [5, 5.41) is 0. The van der Waals surface area contributed by atoms with E-state index in [9.17, 15) is 4.79 Å². The Morgan fingerprint density at radius 3 is 2.13 bits per heavy atom. The minimum absolute atomic E-state index is 0.353. The third-order valence-corrected chi connectivity index (χ3v) is 3.10. The second-order valence-corrected chi connectivity index (χ2v) is 4.52. The van der Waals surface area contributed by atoms with Gasteiger partial charge in [-0.1, -0.05) is 52.9 Å². The van der Waals surface area contributed by atoms with Gasteiger partial charge in [-0.2, -0.15) is 0 Å². The highest BCUT2D eigenvalue weighted by molar-refractivity contribution is 5.80. The van der Waals surface area contributed by atoms with Gasteiger partial charge >= 0.3 is 0 Å². The fourth-order valence-electron chi connectivity index (χ4n) is 2.04. The molecule has 0 aromatic rings. The van der Waals surface area contributed by atoms with E-state index in [-0.39, 0.29) is 0 Å². The first-order chi connectivity index (χ1) is 7.26. The van der Waals surface area contributed by atoms with Crippen molar-refractivity contribution in [2.75, 3.05) is 0 Å². The Hall–Kier alpha value is -0.330. The fourth-order valence-corrected chi connectivity index (χ4v) is 2.04. The van der Waals surface area contributed by atoms with Gasteiger partial charge in [0, 0.05) is 12.3 Å². The summed E-state index contributed by atoms with van der Waals surface area (Å²) in [6.07, 6.45) is 10.5. The molecule has 0 saturated carbocycles. The fraction of sp³-hybridized carbons (Fsp3) is 0.929. The second kappa shape index (κ2) is 10.2. The van der Waals surface area contributed by atoms with E-state index in [1.165, 1.54) is 32.1 Å². The van der Waals surface area contributed by atoms with Gasteiger partial charge in [-0.05, 0) is 19.3 Å². The smallest absolute Gasteiger partial charge is 0.135 e. The zero-order valence-corrected chi connectivity index (χ0v) is 10.8. The number of hydrogen-bond acceptors (Lipinski definition) is 1. The molecular weight excluding hydrogens is 184 g/mol. The summed E-state index contributed by atoms with van der Waals surface area (Å²) in [5.74, 6) is 0.849. The summed E-state index contributed by atoms with van der Waals surface area (Å²) in [4.78, 5) is 11.7. The lowest BCUT2D eigenvalue weighted by Gasteiger charge is -2.12. The van der Waals surface area contributed by atoms with Crippen molar-refractivity contribution in [3.05, 3.63) is 0 Å². The van der Waals surface area contributed by atoms with Crippen molar-refractivity contribution in [2.45, 2.75) is 78.6 Å². The van der Waals surface area contributed by atoms with Crippen molar-refractivity contribution in [1.82, 2.24) is 0 Å². The summed E-state index contributed by atoms with van der Waals surface area (Å²) >= 11 is 0. The van der Waals surface area contributed by atoms with E-state index in [1.807, 2.05) is 0 Å². The number of ketones is 1. The SMILES string of the molecule is CCCCCCCC(CC)C(=O)CCC. The van der Waals surface area contributed by atoms with Gasteiger partial charge < -0.3 is 0 Å². The highest BCUT2D eigenvalue weighted by atomic mass is 16.1. The summed E-state index contributed by atoms with van der Waals surface area (Å²) in [5.41, 5.74) is 0. The van der Waals surface area contributed by atoms with Gasteiger partial charge in [0.25, 0.3) is 0 Å². The van der Waals surface area contributed by atoms with E-state index in [2.05, 4.69) is 20.8 Å². The Morgan fingerprint density at radius 1 is 0.933 bits per heavy atom. The highest BCUT2D eigenvalue weighted by Crippen LogP contribution is 2.17. The molecule has 0 rings (SSSR count). The molecule has 15 heavy (non-hydrogen) atoms. The first-order valence-corrected chi connectivity index (χ1v) is 6.78. The maximum absolute atomic E-state index is 11.7. The molecule has 1 nitrogen and oxygen atoms in total. The Kier molecular flexibility index (Phi) is 9.97. The zero-order chi connectivity index (χ0) is 11.5. The monoisotopic (exact) mass is 212 g/mol. The zero-order valence-electron chi connectivity index (χ0n) is 10.8. The van der Waals surface area contributed by atoms with Crippen LogP contribution in [-0.4, -0.2) is 5.78 Å². The largest absolute Gasteiger partial charge is 0.299 e. The lowest BCUT2D eigenvalue weighted by atomic mass is 9.92. The lowest BCUT2D eigenvalue weighted by Crippen LogP contribution is -2.13. The number of Topliss-reactive ketones (excluding diaryl/α,β-unsaturated/α-hetero) is 1. The minimum atomic E-state index is 0.353. The highest BCUT2D eigenvalue weighted by Gasteiger charge is 2.14. The van der Waals surface area contributed by atoms with Gasteiger partial charge in [0.2, 0.25) is 0 Å². The van der Waals surface area contributed by atoms with Crippen molar-refractivity contribution in [2.24, 2.45) is 5.92 Å². The molecule has 0 radical (unpaired) electrons. The maximum atomic E-state index is 11.7. The summed E-state index contributed by atoms with van der Waals surface area (Å²) in [7, 11) is 0. The summed E-state index contributed by atoms with van der Waals surface area (Å²) in [6.45, 7) is 6.47. The molecule has 0 aromatic carbocycles. The summed E-state index contributed by atoms with van der Waals surface area (Å²) in [6, 6.07) is 0. The molecule has 1 heteroatoms. The van der Waals surface area contributed by atoms with E-state index in [1.54, 1.807) is 0 Å². The molecule has 0 bridgehead atoms. The Balaban J connectivity index is 3.56. The van der Waals surface area contributed by atoms with Crippen molar-refractivity contribution in [1.29, 1.82) is 0 Å². The molecule has 0 aliphatic rings. The molecule has 0 heterocycles. The van der Waals surface area contributed by atoms with Gasteiger partial charge in [0.05, 0.1) is 0 Å². The molecule has 0 aromatic heterocycles. The first kappa shape index (κ1) is 14.7. The van der Waals surface area contributed by atoms with Crippen LogP contribution < -0.4 is 0 Å². The summed E-state index contributed by atoms with van der Waals surface area (Å²) < 4.78 is 0. The van der Waals surface area contributed by atoms with Crippen LogP contribution in [0.1, 0.15) is 78.6 Å². The molecule has 0 aliphatic carbocycles. The number of carbonyl (C=O) groups excluding carboxylic acids is 1. The molecule has 0 N–H and O–H groups in total. The number of hydrogen-bond donors (Lipinski definition) is 0. The topological polar surface area (TPSA) is 17.1 Å². The standard InChI is InChI=1S/C14H28O/c1-4-7-8-9-10-12-13(6-3)14(15)11-5-2/h13H,4-12H2,1-3H3. The van der Waals surface area contributed by atoms with E-state index in [4.69, 9.17) is 0 Å².